The summed E-state index contributed by atoms with van der Waals surface area (Å²) >= 11 is 8.44. The highest BCUT2D eigenvalue weighted by Crippen LogP contribution is 2.33. The van der Waals surface area contributed by atoms with Gasteiger partial charge < -0.3 is 15.2 Å². The van der Waals surface area contributed by atoms with Gasteiger partial charge in [-0.2, -0.15) is 0 Å². The Kier molecular flexibility index (Phi) is 7.97. The van der Waals surface area contributed by atoms with Crippen molar-refractivity contribution in [3.8, 4) is 0 Å². The smallest absolute Gasteiger partial charge is 0.121 e. The highest BCUT2D eigenvalue weighted by Gasteiger charge is 2.40. The minimum atomic E-state index is -1.11. The zero-order chi connectivity index (χ0) is 17.4. The van der Waals surface area contributed by atoms with E-state index in [1.165, 1.54) is 0 Å². The van der Waals surface area contributed by atoms with Crippen LogP contribution in [0.1, 0.15) is 11.1 Å². The highest BCUT2D eigenvalue weighted by atomic mass is 127. The quantitative estimate of drug-likeness (QED) is 0.540. The Bertz CT molecular complexity index is 620. The number of benzene rings is 2. The third-order valence-corrected chi connectivity index (χ3v) is 4.52. The second-order valence-electron chi connectivity index (χ2n) is 5.62. The van der Waals surface area contributed by atoms with Crippen LogP contribution < -0.4 is 5.32 Å². The van der Waals surface area contributed by atoms with E-state index in [0.717, 1.165) is 17.7 Å². The van der Waals surface area contributed by atoms with E-state index < -0.39 is 5.60 Å². The minimum absolute atomic E-state index is 0.306. The number of nitrogens with one attached hydrogen (secondary N) is 1. The lowest BCUT2D eigenvalue weighted by Crippen LogP contribution is -2.52. The van der Waals surface area contributed by atoms with Crippen LogP contribution in [-0.4, -0.2) is 35.8 Å². The normalized spacial score (nSPS) is 19.8. The first-order chi connectivity index (χ1) is 11.7. The molecule has 2 aromatic rings. The molecule has 130 valence electrons. The molecule has 1 aliphatic rings. The molecular weight excluding hydrogens is 437 g/mol. The van der Waals surface area contributed by atoms with E-state index in [2.05, 4.69) is 27.9 Å². The summed E-state index contributed by atoms with van der Waals surface area (Å²) in [5.74, 6) is 0. The van der Waals surface area contributed by atoms with Gasteiger partial charge in [-0.1, -0.05) is 82.7 Å². The fourth-order valence-electron chi connectivity index (χ4n) is 2.93. The molecule has 3 rings (SSSR count). The lowest BCUT2D eigenvalue weighted by molar-refractivity contribution is -0.124. The summed E-state index contributed by atoms with van der Waals surface area (Å²) in [4.78, 5) is 1.97. The maximum atomic E-state index is 11.5. The Labute approximate surface area is 162 Å². The SMILES string of the molecule is CI.O[C@](Cc1ccccc1Cl)(c1ccccc1)[C@H]1CNCCO1. The zero-order valence-corrected chi connectivity index (χ0v) is 16.6. The van der Waals surface area contributed by atoms with Crippen molar-refractivity contribution in [3.63, 3.8) is 0 Å². The summed E-state index contributed by atoms with van der Waals surface area (Å²) in [6, 6.07) is 17.3. The van der Waals surface area contributed by atoms with E-state index in [1.54, 1.807) is 0 Å². The first-order valence-corrected chi connectivity index (χ1v) is 10.4. The van der Waals surface area contributed by atoms with Gasteiger partial charge in [0.1, 0.15) is 11.7 Å². The highest BCUT2D eigenvalue weighted by molar-refractivity contribution is 14.1. The molecule has 2 N–H and O–H groups in total. The van der Waals surface area contributed by atoms with Gasteiger partial charge in [-0.25, -0.2) is 0 Å². The zero-order valence-electron chi connectivity index (χ0n) is 13.7. The molecule has 0 saturated carbocycles. The first kappa shape index (κ1) is 19.7. The van der Waals surface area contributed by atoms with Crippen molar-refractivity contribution in [1.29, 1.82) is 0 Å². The predicted molar refractivity (Wildman–Crippen MR) is 108 cm³/mol. The number of hydrogen-bond donors (Lipinski definition) is 2. The summed E-state index contributed by atoms with van der Waals surface area (Å²) < 4.78 is 5.85. The average Bonchev–Trinajstić information content (AvgIpc) is 2.66. The largest absolute Gasteiger partial charge is 0.382 e. The maximum absolute atomic E-state index is 11.5. The molecule has 1 heterocycles. The summed E-state index contributed by atoms with van der Waals surface area (Å²) in [6.45, 7) is 2.03. The van der Waals surface area contributed by atoms with Gasteiger partial charge in [0, 0.05) is 24.5 Å². The van der Waals surface area contributed by atoms with Gasteiger partial charge in [-0.05, 0) is 22.1 Å². The standard InChI is InChI=1S/C18H20ClNO2.CH3I/c19-16-9-5-4-6-14(16)12-18(21,15-7-2-1-3-8-15)17-13-20-10-11-22-17;1-2/h1-9,17,20-21H,10-13H2;1H3/t17-,18-;/m1./s1. The Morgan fingerprint density at radius 1 is 1.17 bits per heavy atom. The third kappa shape index (κ3) is 4.70. The molecule has 24 heavy (non-hydrogen) atoms. The molecule has 0 aliphatic carbocycles. The average molecular weight is 460 g/mol. The number of rotatable bonds is 4. The van der Waals surface area contributed by atoms with Gasteiger partial charge in [0.25, 0.3) is 0 Å². The van der Waals surface area contributed by atoms with Crippen LogP contribution in [0.2, 0.25) is 5.02 Å². The molecule has 0 unspecified atom stereocenters. The summed E-state index contributed by atoms with van der Waals surface area (Å²) in [5, 5.41) is 15.4. The first-order valence-electron chi connectivity index (χ1n) is 7.91. The number of morpholine rings is 1. The van der Waals surface area contributed by atoms with E-state index in [-0.39, 0.29) is 6.10 Å². The minimum Gasteiger partial charge on any atom is -0.382 e. The van der Waals surface area contributed by atoms with Gasteiger partial charge in [-0.3, -0.25) is 0 Å². The number of ether oxygens (including phenoxy) is 1. The Balaban J connectivity index is 0.00000100. The van der Waals surface area contributed by atoms with Crippen LogP contribution in [0.5, 0.6) is 0 Å². The van der Waals surface area contributed by atoms with Gasteiger partial charge >= 0.3 is 0 Å². The molecular formula is C19H23ClINO2. The van der Waals surface area contributed by atoms with Crippen LogP contribution in [0.4, 0.5) is 0 Å². The van der Waals surface area contributed by atoms with Crippen molar-refractivity contribution >= 4 is 34.2 Å². The van der Waals surface area contributed by atoms with Crippen molar-refractivity contribution in [2.45, 2.75) is 18.1 Å². The third-order valence-electron chi connectivity index (χ3n) is 4.15. The molecule has 0 amide bonds. The molecule has 1 fully saturated rings. The summed E-state index contributed by atoms with van der Waals surface area (Å²) in [6.07, 6.45) is 0.114. The second kappa shape index (κ2) is 9.73. The molecule has 3 nitrogen and oxygen atoms in total. The van der Waals surface area contributed by atoms with Crippen molar-refractivity contribution in [2.75, 3.05) is 24.6 Å². The van der Waals surface area contributed by atoms with Crippen molar-refractivity contribution in [1.82, 2.24) is 5.32 Å². The number of halogens is 2. The molecule has 2 aromatic carbocycles. The monoisotopic (exact) mass is 459 g/mol. The Morgan fingerprint density at radius 2 is 1.83 bits per heavy atom. The molecule has 0 spiro atoms. The van der Waals surface area contributed by atoms with E-state index in [9.17, 15) is 5.11 Å². The van der Waals surface area contributed by atoms with Crippen molar-refractivity contribution in [3.05, 3.63) is 70.7 Å². The molecule has 1 aliphatic heterocycles. The fraction of sp³-hybridized carbons (Fsp3) is 0.368. The van der Waals surface area contributed by atoms with Crippen LogP contribution in [0.25, 0.3) is 0 Å². The molecule has 0 aromatic heterocycles. The molecule has 2 atom stereocenters. The maximum Gasteiger partial charge on any atom is 0.121 e. The number of aliphatic hydroxyl groups is 1. The second-order valence-corrected chi connectivity index (χ2v) is 6.03. The lowest BCUT2D eigenvalue weighted by atomic mass is 9.82. The Hall–Kier alpha value is -0.660. The Morgan fingerprint density at radius 3 is 2.46 bits per heavy atom. The van der Waals surface area contributed by atoms with E-state index in [4.69, 9.17) is 16.3 Å². The van der Waals surface area contributed by atoms with Crippen LogP contribution in [-0.2, 0) is 16.8 Å². The summed E-state index contributed by atoms with van der Waals surface area (Å²) in [7, 11) is 0. The van der Waals surface area contributed by atoms with Gasteiger partial charge in [0.05, 0.1) is 6.61 Å². The topological polar surface area (TPSA) is 41.5 Å². The van der Waals surface area contributed by atoms with E-state index >= 15 is 0 Å². The number of hydrogen-bond acceptors (Lipinski definition) is 3. The van der Waals surface area contributed by atoms with Crippen LogP contribution in [0.3, 0.4) is 0 Å². The summed E-state index contributed by atoms with van der Waals surface area (Å²) in [5.41, 5.74) is 0.660. The van der Waals surface area contributed by atoms with E-state index in [1.807, 2.05) is 59.5 Å². The van der Waals surface area contributed by atoms with Gasteiger partial charge in [0.15, 0.2) is 0 Å². The fourth-order valence-corrected chi connectivity index (χ4v) is 3.14. The molecule has 0 radical (unpaired) electrons. The molecule has 0 bridgehead atoms. The van der Waals surface area contributed by atoms with Gasteiger partial charge in [0.2, 0.25) is 0 Å². The van der Waals surface area contributed by atoms with Crippen LogP contribution >= 0.6 is 34.2 Å². The van der Waals surface area contributed by atoms with Crippen LogP contribution in [0, 0.1) is 0 Å². The lowest BCUT2D eigenvalue weighted by Gasteiger charge is -2.39. The predicted octanol–water partition coefficient (Wildman–Crippen LogP) is 3.81. The van der Waals surface area contributed by atoms with Crippen LogP contribution in [0.15, 0.2) is 54.6 Å². The van der Waals surface area contributed by atoms with Gasteiger partial charge in [-0.15, -0.1) is 0 Å². The number of alkyl halides is 1. The molecule has 1 saturated heterocycles. The van der Waals surface area contributed by atoms with E-state index in [0.29, 0.717) is 24.6 Å². The van der Waals surface area contributed by atoms with Crippen molar-refractivity contribution in [2.24, 2.45) is 0 Å². The molecule has 5 heteroatoms. The van der Waals surface area contributed by atoms with Crippen molar-refractivity contribution < 1.29 is 9.84 Å².